The number of carbonyl (C=O) groups excluding carboxylic acids is 1. The zero-order valence-electron chi connectivity index (χ0n) is 15.7. The quantitative estimate of drug-likeness (QED) is 0.713. The van der Waals surface area contributed by atoms with Crippen molar-refractivity contribution in [2.75, 3.05) is 0 Å². The fraction of sp³-hybridized carbons (Fsp3) is 0.381. The van der Waals surface area contributed by atoms with Gasteiger partial charge < -0.3 is 14.8 Å². The summed E-state index contributed by atoms with van der Waals surface area (Å²) in [5.41, 5.74) is 1.93. The summed E-state index contributed by atoms with van der Waals surface area (Å²) in [5.74, 6) is 1.33. The number of nitrogens with one attached hydrogen (secondary N) is 1. The van der Waals surface area contributed by atoms with Gasteiger partial charge in [0, 0.05) is 11.6 Å². The fourth-order valence-electron chi connectivity index (χ4n) is 2.44. The van der Waals surface area contributed by atoms with Crippen LogP contribution >= 0.6 is 11.6 Å². The van der Waals surface area contributed by atoms with E-state index in [0.29, 0.717) is 23.7 Å². The summed E-state index contributed by atoms with van der Waals surface area (Å²) >= 11 is 6.03. The lowest BCUT2D eigenvalue weighted by Gasteiger charge is -2.18. The molecule has 1 atom stereocenters. The number of halogens is 1. The molecule has 0 radical (unpaired) electrons. The molecule has 0 spiro atoms. The van der Waals surface area contributed by atoms with Crippen LogP contribution in [0.15, 0.2) is 42.5 Å². The molecule has 0 aliphatic carbocycles. The first kappa shape index (κ1) is 20.1. The maximum absolute atomic E-state index is 12.4. The van der Waals surface area contributed by atoms with E-state index in [-0.39, 0.29) is 12.0 Å². The van der Waals surface area contributed by atoms with Gasteiger partial charge in [-0.25, -0.2) is 0 Å². The number of aryl methyl sites for hydroxylation is 1. The van der Waals surface area contributed by atoms with E-state index in [1.54, 1.807) is 12.1 Å². The summed E-state index contributed by atoms with van der Waals surface area (Å²) in [7, 11) is 0. The van der Waals surface area contributed by atoms with E-state index in [1.807, 2.05) is 58.0 Å². The number of ether oxygens (including phenoxy) is 2. The van der Waals surface area contributed by atoms with Gasteiger partial charge in [-0.2, -0.15) is 0 Å². The highest BCUT2D eigenvalue weighted by Crippen LogP contribution is 2.22. The van der Waals surface area contributed by atoms with Gasteiger partial charge in [-0.05, 0) is 68.7 Å². The molecular formula is C21H26ClNO3. The number of hydrogen-bond donors (Lipinski definition) is 1. The molecule has 0 aromatic heterocycles. The number of benzene rings is 2. The van der Waals surface area contributed by atoms with Crippen molar-refractivity contribution in [2.45, 2.75) is 52.9 Å². The van der Waals surface area contributed by atoms with Gasteiger partial charge in [-0.15, -0.1) is 0 Å². The minimum atomic E-state index is -0.542. The fourth-order valence-corrected chi connectivity index (χ4v) is 2.56. The maximum atomic E-state index is 12.4. The summed E-state index contributed by atoms with van der Waals surface area (Å²) < 4.78 is 11.4. The highest BCUT2D eigenvalue weighted by Gasteiger charge is 2.18. The minimum absolute atomic E-state index is 0.136. The molecule has 2 aromatic carbocycles. The van der Waals surface area contributed by atoms with E-state index >= 15 is 0 Å². The van der Waals surface area contributed by atoms with Crippen LogP contribution in [0.2, 0.25) is 5.02 Å². The second-order valence-corrected chi connectivity index (χ2v) is 6.86. The highest BCUT2D eigenvalue weighted by atomic mass is 35.5. The van der Waals surface area contributed by atoms with Crippen molar-refractivity contribution in [2.24, 2.45) is 0 Å². The Morgan fingerprint density at radius 1 is 1.08 bits per heavy atom. The molecule has 2 rings (SSSR count). The molecule has 2 aromatic rings. The van der Waals surface area contributed by atoms with Crippen molar-refractivity contribution in [3.8, 4) is 11.5 Å². The molecule has 0 saturated carbocycles. The lowest BCUT2D eigenvalue weighted by atomic mass is 10.2. The van der Waals surface area contributed by atoms with Crippen LogP contribution < -0.4 is 14.8 Å². The normalized spacial score (nSPS) is 11.9. The Bertz CT molecular complexity index is 729. The first-order valence-corrected chi connectivity index (χ1v) is 9.23. The highest BCUT2D eigenvalue weighted by molar-refractivity contribution is 6.31. The molecule has 1 N–H and O–H groups in total. The Balaban J connectivity index is 1.91. The molecule has 140 valence electrons. The third-order valence-corrected chi connectivity index (χ3v) is 4.26. The van der Waals surface area contributed by atoms with E-state index < -0.39 is 6.10 Å². The van der Waals surface area contributed by atoms with Crippen LogP contribution in [0.1, 0.15) is 38.3 Å². The van der Waals surface area contributed by atoms with Crippen molar-refractivity contribution in [3.05, 3.63) is 58.6 Å². The van der Waals surface area contributed by atoms with Crippen LogP contribution in [0.5, 0.6) is 11.5 Å². The van der Waals surface area contributed by atoms with Crippen LogP contribution in [0, 0.1) is 6.92 Å². The predicted molar refractivity (Wildman–Crippen MR) is 105 cm³/mol. The summed E-state index contributed by atoms with van der Waals surface area (Å²) in [4.78, 5) is 12.4. The molecule has 1 amide bonds. The Hall–Kier alpha value is -2.20. The van der Waals surface area contributed by atoms with Crippen molar-refractivity contribution >= 4 is 17.5 Å². The average molecular weight is 376 g/mol. The molecule has 0 heterocycles. The minimum Gasteiger partial charge on any atom is -0.491 e. The lowest BCUT2D eigenvalue weighted by molar-refractivity contribution is -0.128. The molecule has 0 fully saturated rings. The van der Waals surface area contributed by atoms with Gasteiger partial charge in [0.05, 0.1) is 6.10 Å². The number of hydrogen-bond acceptors (Lipinski definition) is 3. The van der Waals surface area contributed by atoms with Gasteiger partial charge in [0.1, 0.15) is 11.5 Å². The largest absolute Gasteiger partial charge is 0.491 e. The summed E-state index contributed by atoms with van der Waals surface area (Å²) in [6, 6.07) is 13.1. The lowest BCUT2D eigenvalue weighted by Crippen LogP contribution is -2.37. The van der Waals surface area contributed by atoms with Gasteiger partial charge in [0.25, 0.3) is 5.91 Å². The topological polar surface area (TPSA) is 47.6 Å². The van der Waals surface area contributed by atoms with Crippen LogP contribution in [0.3, 0.4) is 0 Å². The third-order valence-electron chi connectivity index (χ3n) is 3.83. The van der Waals surface area contributed by atoms with Gasteiger partial charge in [0.15, 0.2) is 6.10 Å². The molecule has 0 aliphatic heterocycles. The first-order chi connectivity index (χ1) is 12.4. The molecule has 0 saturated heterocycles. The molecule has 0 aliphatic rings. The molecule has 5 heteroatoms. The molecule has 1 unspecified atom stereocenters. The molecule has 4 nitrogen and oxygen atoms in total. The van der Waals surface area contributed by atoms with E-state index in [0.717, 1.165) is 16.9 Å². The zero-order chi connectivity index (χ0) is 19.1. The second-order valence-electron chi connectivity index (χ2n) is 6.45. The SMILES string of the molecule is CCC(Oc1ccc(Cl)c(C)c1)C(=O)NCc1ccc(OC(C)C)cc1. The second kappa shape index (κ2) is 9.48. The summed E-state index contributed by atoms with van der Waals surface area (Å²) in [6.45, 7) is 8.25. The predicted octanol–water partition coefficient (Wildman–Crippen LogP) is 4.91. The van der Waals surface area contributed by atoms with E-state index in [4.69, 9.17) is 21.1 Å². The van der Waals surface area contributed by atoms with Crippen LogP contribution in [0.4, 0.5) is 0 Å². The van der Waals surface area contributed by atoms with Gasteiger partial charge in [0.2, 0.25) is 0 Å². The smallest absolute Gasteiger partial charge is 0.261 e. The Labute approximate surface area is 160 Å². The van der Waals surface area contributed by atoms with Crippen molar-refractivity contribution in [1.82, 2.24) is 5.32 Å². The summed E-state index contributed by atoms with van der Waals surface area (Å²) in [6.07, 6.45) is 0.174. The molecule has 26 heavy (non-hydrogen) atoms. The number of rotatable bonds is 8. The van der Waals surface area contributed by atoms with Crippen LogP contribution in [-0.2, 0) is 11.3 Å². The van der Waals surface area contributed by atoms with E-state index in [9.17, 15) is 4.79 Å². The van der Waals surface area contributed by atoms with Crippen LogP contribution in [-0.4, -0.2) is 18.1 Å². The Kier molecular flexibility index (Phi) is 7.34. The Morgan fingerprint density at radius 3 is 2.31 bits per heavy atom. The first-order valence-electron chi connectivity index (χ1n) is 8.85. The summed E-state index contributed by atoms with van der Waals surface area (Å²) in [5, 5.41) is 3.61. The zero-order valence-corrected chi connectivity index (χ0v) is 16.5. The number of amides is 1. The van der Waals surface area contributed by atoms with Crippen molar-refractivity contribution < 1.29 is 14.3 Å². The van der Waals surface area contributed by atoms with Gasteiger partial charge in [-0.1, -0.05) is 30.7 Å². The van der Waals surface area contributed by atoms with Gasteiger partial charge in [-0.3, -0.25) is 4.79 Å². The van der Waals surface area contributed by atoms with E-state index in [2.05, 4.69) is 5.32 Å². The van der Waals surface area contributed by atoms with Gasteiger partial charge >= 0.3 is 0 Å². The van der Waals surface area contributed by atoms with E-state index in [1.165, 1.54) is 0 Å². The van der Waals surface area contributed by atoms with Crippen molar-refractivity contribution in [3.63, 3.8) is 0 Å². The third kappa shape index (κ3) is 5.95. The van der Waals surface area contributed by atoms with Crippen molar-refractivity contribution in [1.29, 1.82) is 0 Å². The standard InChI is InChI=1S/C21H26ClNO3/c1-5-20(26-18-10-11-19(22)15(4)12-18)21(24)23-13-16-6-8-17(9-7-16)25-14(2)3/h6-12,14,20H,5,13H2,1-4H3,(H,23,24). The maximum Gasteiger partial charge on any atom is 0.261 e. The Morgan fingerprint density at radius 2 is 1.73 bits per heavy atom. The molecule has 0 bridgehead atoms. The molecular weight excluding hydrogens is 350 g/mol. The average Bonchev–Trinajstić information content (AvgIpc) is 2.61. The number of carbonyl (C=O) groups is 1. The monoisotopic (exact) mass is 375 g/mol. The van der Waals surface area contributed by atoms with Crippen LogP contribution in [0.25, 0.3) is 0 Å².